The van der Waals surface area contributed by atoms with Crippen LogP contribution in [0.5, 0.6) is 5.75 Å². The zero-order valence-electron chi connectivity index (χ0n) is 31.0. The number of benzene rings is 2. The van der Waals surface area contributed by atoms with Crippen molar-refractivity contribution in [1.29, 1.82) is 0 Å². The summed E-state index contributed by atoms with van der Waals surface area (Å²) in [4.78, 5) is 64.6. The summed E-state index contributed by atoms with van der Waals surface area (Å²) in [5, 5.41) is 25.0. The molecule has 0 saturated carbocycles. The average Bonchev–Trinajstić information content (AvgIpc) is 3.46. The van der Waals surface area contributed by atoms with E-state index in [0.717, 1.165) is 107 Å². The molecule has 4 saturated heterocycles. The number of nitrogens with one attached hydrogen (secondary N) is 2. The van der Waals surface area contributed by atoms with E-state index in [0.29, 0.717) is 34.5 Å². The molecule has 2 atom stereocenters. The Kier molecular flexibility index (Phi) is 9.60. The highest BCUT2D eigenvalue weighted by molar-refractivity contribution is 6.25. The smallest absolute Gasteiger partial charge is 0.264 e. The molecule has 0 spiro atoms. The summed E-state index contributed by atoms with van der Waals surface area (Å²) in [5.41, 5.74) is 3.88. The number of hydrogen-bond acceptors (Lipinski definition) is 13. The van der Waals surface area contributed by atoms with Crippen LogP contribution in [-0.4, -0.2) is 155 Å². The maximum atomic E-state index is 13.6. The lowest BCUT2D eigenvalue weighted by Crippen LogP contribution is -2.61. The van der Waals surface area contributed by atoms with Crippen LogP contribution < -0.4 is 20.4 Å². The van der Waals surface area contributed by atoms with Crippen LogP contribution in [0, 0.1) is 0 Å². The van der Waals surface area contributed by atoms with E-state index in [2.05, 4.69) is 51.4 Å². The molecule has 7 heterocycles. The van der Waals surface area contributed by atoms with Crippen molar-refractivity contribution in [2.45, 2.75) is 50.2 Å². The molecule has 4 fully saturated rings. The Balaban J connectivity index is 0.723. The molecule has 15 heteroatoms. The number of aromatic nitrogens is 2. The molecule has 1 aromatic heterocycles. The number of piperazine rings is 2. The van der Waals surface area contributed by atoms with Gasteiger partial charge in [-0.3, -0.25) is 39.2 Å². The number of phenolic OH excluding ortho intramolecular Hbond substituents is 1. The molecule has 6 aliphatic heterocycles. The number of rotatable bonds is 8. The van der Waals surface area contributed by atoms with Crippen molar-refractivity contribution in [3.05, 3.63) is 59.7 Å². The van der Waals surface area contributed by atoms with E-state index < -0.39 is 23.8 Å². The Labute approximate surface area is 320 Å². The molecule has 0 radical (unpaired) electrons. The van der Waals surface area contributed by atoms with Crippen LogP contribution in [-0.2, 0) is 9.59 Å². The third-order valence-corrected chi connectivity index (χ3v) is 12.5. The van der Waals surface area contributed by atoms with Crippen LogP contribution in [0.3, 0.4) is 0 Å². The molecule has 2 aromatic carbocycles. The lowest BCUT2D eigenvalue weighted by Gasteiger charge is -2.49. The highest BCUT2D eigenvalue weighted by Gasteiger charge is 2.46. The molecule has 4 amide bonds. The number of para-hydroxylation sites is 1. The Hall–Kier alpha value is -5.12. The number of anilines is 3. The number of likely N-dealkylation sites (tertiary alicyclic amines) is 1. The topological polar surface area (TPSA) is 158 Å². The van der Waals surface area contributed by atoms with Crippen molar-refractivity contribution in [3.63, 3.8) is 0 Å². The third kappa shape index (κ3) is 6.78. The fraction of sp³-hybridized carbons (Fsp3) is 0.500. The molecule has 55 heavy (non-hydrogen) atoms. The molecule has 9 rings (SSSR count). The highest BCUT2D eigenvalue weighted by atomic mass is 16.3. The first-order valence-electron chi connectivity index (χ1n) is 19.8. The van der Waals surface area contributed by atoms with Gasteiger partial charge < -0.3 is 25.1 Å². The van der Waals surface area contributed by atoms with Gasteiger partial charge in [0.1, 0.15) is 11.8 Å². The summed E-state index contributed by atoms with van der Waals surface area (Å²) >= 11 is 0. The molecule has 0 bridgehead atoms. The maximum Gasteiger partial charge on any atom is 0.264 e. The number of phenols is 1. The van der Waals surface area contributed by atoms with Gasteiger partial charge in [-0.15, -0.1) is 10.2 Å². The molecule has 6 aliphatic rings. The van der Waals surface area contributed by atoms with Gasteiger partial charge in [0.15, 0.2) is 5.82 Å². The molecule has 288 valence electrons. The van der Waals surface area contributed by atoms with Crippen molar-refractivity contribution >= 4 is 40.8 Å². The highest BCUT2D eigenvalue weighted by Crippen LogP contribution is 2.37. The number of amides is 4. The minimum absolute atomic E-state index is 0.103. The second-order valence-electron chi connectivity index (χ2n) is 15.6. The zero-order chi connectivity index (χ0) is 37.6. The lowest BCUT2D eigenvalue weighted by atomic mass is 9.99. The van der Waals surface area contributed by atoms with Crippen molar-refractivity contribution in [3.8, 4) is 17.0 Å². The molecule has 0 aliphatic carbocycles. The molecule has 15 nitrogen and oxygen atoms in total. The van der Waals surface area contributed by atoms with Gasteiger partial charge in [-0.05, 0) is 82.2 Å². The van der Waals surface area contributed by atoms with Gasteiger partial charge in [-0.25, -0.2) is 0 Å². The number of imide groups is 2. The van der Waals surface area contributed by atoms with Crippen molar-refractivity contribution < 1.29 is 24.3 Å². The van der Waals surface area contributed by atoms with Crippen LogP contribution >= 0.6 is 0 Å². The van der Waals surface area contributed by atoms with Gasteiger partial charge in [0.25, 0.3) is 11.8 Å². The Morgan fingerprint density at radius 1 is 0.745 bits per heavy atom. The molecule has 3 aromatic rings. The van der Waals surface area contributed by atoms with E-state index >= 15 is 0 Å². The first-order chi connectivity index (χ1) is 26.8. The molecular weight excluding hydrogens is 701 g/mol. The summed E-state index contributed by atoms with van der Waals surface area (Å²) < 4.78 is 0. The first-order valence-corrected chi connectivity index (χ1v) is 19.8. The predicted molar refractivity (Wildman–Crippen MR) is 206 cm³/mol. The lowest BCUT2D eigenvalue weighted by molar-refractivity contribution is -0.136. The van der Waals surface area contributed by atoms with Gasteiger partial charge in [-0.2, -0.15) is 0 Å². The van der Waals surface area contributed by atoms with E-state index in [1.807, 2.05) is 24.3 Å². The van der Waals surface area contributed by atoms with Gasteiger partial charge in [-0.1, -0.05) is 18.2 Å². The molecule has 1 unspecified atom stereocenters. The monoisotopic (exact) mass is 748 g/mol. The molecule has 3 N–H and O–H groups in total. The summed E-state index contributed by atoms with van der Waals surface area (Å²) in [6, 6.07) is 14.7. The summed E-state index contributed by atoms with van der Waals surface area (Å²) in [5.74, 6) is -0.868. The standard InChI is InChI=1S/C40H48N10O5/c51-34-8-2-1-5-28(34)30-23-33-37(44-43-30)41-24-27-25-48(21-22-49(27)33)26-11-15-45(16-12-26)13-4-14-46-17-19-47(20-18-46)31-7-3-6-29-36(31)40(55)50(39(29)54)32-9-10-35(52)42-38(32)53/h1-3,5-8,23,26-27,32,51H,4,9-22,24-25H2,(H,41,44)(H,42,52,53)/t27-,32?/m0/s1. The Morgan fingerprint density at radius 3 is 2.29 bits per heavy atom. The van der Waals surface area contributed by atoms with E-state index in [1.54, 1.807) is 18.2 Å². The van der Waals surface area contributed by atoms with Gasteiger partial charge in [0, 0.05) is 70.4 Å². The number of carbonyl (C=O) groups excluding carboxylic acids is 4. The summed E-state index contributed by atoms with van der Waals surface area (Å²) in [6.45, 7) is 11.4. The molecular formula is C40H48N10O5. The minimum Gasteiger partial charge on any atom is -0.507 e. The maximum absolute atomic E-state index is 13.6. The Morgan fingerprint density at radius 2 is 1.51 bits per heavy atom. The predicted octanol–water partition coefficient (Wildman–Crippen LogP) is 1.84. The number of carbonyl (C=O) groups is 4. The van der Waals surface area contributed by atoms with Crippen LogP contribution in [0.25, 0.3) is 11.3 Å². The van der Waals surface area contributed by atoms with E-state index in [9.17, 15) is 24.3 Å². The van der Waals surface area contributed by atoms with E-state index in [4.69, 9.17) is 0 Å². The third-order valence-electron chi connectivity index (χ3n) is 12.5. The number of fused-ring (bicyclic) bond motifs is 4. The average molecular weight is 749 g/mol. The Bertz CT molecular complexity index is 1990. The van der Waals surface area contributed by atoms with Crippen molar-refractivity contribution in [1.82, 2.24) is 35.1 Å². The summed E-state index contributed by atoms with van der Waals surface area (Å²) in [6.07, 6.45) is 3.72. The van der Waals surface area contributed by atoms with Crippen LogP contribution in [0.15, 0.2) is 48.5 Å². The van der Waals surface area contributed by atoms with Gasteiger partial charge >= 0.3 is 0 Å². The quantitative estimate of drug-likeness (QED) is 0.287. The number of piperidine rings is 2. The fourth-order valence-corrected chi connectivity index (χ4v) is 9.46. The van der Waals surface area contributed by atoms with Gasteiger partial charge in [0.05, 0.1) is 34.2 Å². The minimum atomic E-state index is -0.965. The number of hydrogen-bond donors (Lipinski definition) is 3. The first kappa shape index (κ1) is 35.6. The second-order valence-corrected chi connectivity index (χ2v) is 15.6. The SMILES string of the molecule is O=C1CCC(N2C(=O)c3cccc(N4CCN(CCCN5CCC(N6CCN7c8cc(-c9ccccc9O)nnc8NC[C@H]7C6)CC5)CC4)c3C2=O)C(=O)N1. The normalized spacial score (nSPS) is 24.0. The van der Waals surface area contributed by atoms with Crippen LogP contribution in [0.1, 0.15) is 52.8 Å². The fourth-order valence-electron chi connectivity index (χ4n) is 9.46. The van der Waals surface area contributed by atoms with Crippen molar-refractivity contribution in [2.75, 3.05) is 93.7 Å². The van der Waals surface area contributed by atoms with Crippen LogP contribution in [0.2, 0.25) is 0 Å². The van der Waals surface area contributed by atoms with E-state index in [1.165, 1.54) is 12.8 Å². The van der Waals surface area contributed by atoms with E-state index in [-0.39, 0.29) is 24.5 Å². The van der Waals surface area contributed by atoms with Crippen LogP contribution in [0.4, 0.5) is 17.2 Å². The number of nitrogens with zero attached hydrogens (tertiary/aromatic N) is 8. The number of aromatic hydroxyl groups is 1. The summed E-state index contributed by atoms with van der Waals surface area (Å²) in [7, 11) is 0. The van der Waals surface area contributed by atoms with Crippen molar-refractivity contribution in [2.24, 2.45) is 0 Å². The zero-order valence-corrected chi connectivity index (χ0v) is 31.0. The van der Waals surface area contributed by atoms with Gasteiger partial charge in [0.2, 0.25) is 11.8 Å². The largest absolute Gasteiger partial charge is 0.507 e. The second kappa shape index (κ2) is 14.8.